The van der Waals surface area contributed by atoms with Crippen LogP contribution in [-0.2, 0) is 14.3 Å². The topological polar surface area (TPSA) is 122 Å². The van der Waals surface area contributed by atoms with Crippen LogP contribution in [0.5, 0.6) is 0 Å². The number of nitrogens with one attached hydrogen (secondary N) is 1. The fraction of sp³-hybridized carbons (Fsp3) is 0.867. The van der Waals surface area contributed by atoms with Crippen molar-refractivity contribution in [3.8, 4) is 0 Å². The highest BCUT2D eigenvalue weighted by Gasteiger charge is 2.50. The molecule has 1 aliphatic rings. The van der Waals surface area contributed by atoms with Gasteiger partial charge in [0, 0.05) is 25.6 Å². The molecule has 8 heteroatoms. The summed E-state index contributed by atoms with van der Waals surface area (Å²) in [6.45, 7) is 3.68. The van der Waals surface area contributed by atoms with Crippen LogP contribution in [0.4, 0.5) is 0 Å². The minimum atomic E-state index is -1.38. The molecular formula is C15H28N2O5S. The zero-order chi connectivity index (χ0) is 17.5. The van der Waals surface area contributed by atoms with Crippen LogP contribution in [0.15, 0.2) is 0 Å². The number of carbonyl (C=O) groups excluding carboxylic acids is 1. The maximum Gasteiger partial charge on any atom is 0.336 e. The third-order valence-corrected chi connectivity index (χ3v) is 5.11. The van der Waals surface area contributed by atoms with Gasteiger partial charge in [-0.05, 0) is 31.9 Å². The summed E-state index contributed by atoms with van der Waals surface area (Å²) in [5.41, 5.74) is 4.04. The average molecular weight is 348 g/mol. The Kier molecular flexibility index (Phi) is 8.32. The van der Waals surface area contributed by atoms with Crippen LogP contribution in [0.3, 0.4) is 0 Å². The minimum Gasteiger partial charge on any atom is -0.479 e. The number of aliphatic hydroxyl groups is 1. The average Bonchev–Trinajstić information content (AvgIpc) is 2.46. The maximum absolute atomic E-state index is 11.7. The predicted molar refractivity (Wildman–Crippen MR) is 89.4 cm³/mol. The molecule has 0 bridgehead atoms. The maximum atomic E-state index is 11.7. The number of carboxylic acids is 1. The van der Waals surface area contributed by atoms with Crippen molar-refractivity contribution in [3.63, 3.8) is 0 Å². The normalized spacial score (nSPS) is 30.9. The third-order valence-electron chi connectivity index (χ3n) is 4.01. The lowest BCUT2D eigenvalue weighted by Gasteiger charge is -2.44. The highest BCUT2D eigenvalue weighted by atomic mass is 32.2. The van der Waals surface area contributed by atoms with Crippen molar-refractivity contribution in [1.29, 1.82) is 0 Å². The van der Waals surface area contributed by atoms with Gasteiger partial charge in [0.05, 0.1) is 18.2 Å². The molecule has 5 N–H and O–H groups in total. The lowest BCUT2D eigenvalue weighted by Crippen LogP contribution is -2.62. The van der Waals surface area contributed by atoms with Gasteiger partial charge in [-0.1, -0.05) is 0 Å². The standard InChI is InChI=1S/C15H28N2O5S/c1-10-13(17-11(2)18)12(19)9-15(22-10,14(20)21)5-3-4-7-23-8-6-16/h10,12-13,19H,3-9,16H2,1-2H3,(H,17,18)(H,20,21)/t10-,12-,13-,15+/m0/s1. The summed E-state index contributed by atoms with van der Waals surface area (Å²) in [6, 6.07) is -0.583. The molecule has 1 amide bonds. The summed E-state index contributed by atoms with van der Waals surface area (Å²) in [7, 11) is 0. The number of carbonyl (C=O) groups is 2. The van der Waals surface area contributed by atoms with Gasteiger partial charge in [-0.2, -0.15) is 11.8 Å². The van der Waals surface area contributed by atoms with Crippen LogP contribution in [-0.4, -0.2) is 64.0 Å². The van der Waals surface area contributed by atoms with Gasteiger partial charge in [0.1, 0.15) is 0 Å². The zero-order valence-corrected chi connectivity index (χ0v) is 14.6. The lowest BCUT2D eigenvalue weighted by atomic mass is 9.83. The quantitative estimate of drug-likeness (QED) is 0.443. The first kappa shape index (κ1) is 20.2. The summed E-state index contributed by atoms with van der Waals surface area (Å²) in [5, 5.41) is 22.5. The molecule has 1 rings (SSSR count). The second-order valence-electron chi connectivity index (χ2n) is 5.98. The van der Waals surface area contributed by atoms with Gasteiger partial charge in [-0.25, -0.2) is 4.79 Å². The molecule has 1 fully saturated rings. The van der Waals surface area contributed by atoms with Crippen molar-refractivity contribution in [3.05, 3.63) is 0 Å². The predicted octanol–water partition coefficient (Wildman–Crippen LogP) is 0.346. The lowest BCUT2D eigenvalue weighted by molar-refractivity contribution is -0.202. The molecule has 1 saturated heterocycles. The van der Waals surface area contributed by atoms with Crippen LogP contribution < -0.4 is 11.1 Å². The van der Waals surface area contributed by atoms with E-state index in [-0.39, 0.29) is 12.3 Å². The van der Waals surface area contributed by atoms with Crippen molar-refractivity contribution >= 4 is 23.6 Å². The van der Waals surface area contributed by atoms with Crippen LogP contribution in [0.1, 0.15) is 39.5 Å². The number of carboxylic acid groups (broad SMARTS) is 1. The van der Waals surface area contributed by atoms with E-state index in [2.05, 4.69) is 5.32 Å². The van der Waals surface area contributed by atoms with Gasteiger partial charge >= 0.3 is 5.97 Å². The fourth-order valence-electron chi connectivity index (χ4n) is 2.91. The van der Waals surface area contributed by atoms with Gasteiger partial charge in [0.25, 0.3) is 0 Å². The highest BCUT2D eigenvalue weighted by Crippen LogP contribution is 2.34. The number of unbranched alkanes of at least 4 members (excludes halogenated alkanes) is 1. The number of ether oxygens (including phenoxy) is 1. The van der Waals surface area contributed by atoms with E-state index in [1.165, 1.54) is 6.92 Å². The molecule has 0 spiro atoms. The van der Waals surface area contributed by atoms with E-state index >= 15 is 0 Å². The van der Waals surface area contributed by atoms with Crippen LogP contribution in [0.25, 0.3) is 0 Å². The Hall–Kier alpha value is -0.830. The number of nitrogens with two attached hydrogens (primary N) is 1. The van der Waals surface area contributed by atoms with Gasteiger partial charge in [-0.3, -0.25) is 4.79 Å². The molecule has 0 aliphatic carbocycles. The molecule has 0 radical (unpaired) electrons. The van der Waals surface area contributed by atoms with Crippen molar-refractivity contribution in [1.82, 2.24) is 5.32 Å². The van der Waals surface area contributed by atoms with Gasteiger partial charge in [0.2, 0.25) is 5.91 Å². The fourth-order valence-corrected chi connectivity index (χ4v) is 3.69. The molecule has 0 saturated carbocycles. The molecule has 4 atom stereocenters. The summed E-state index contributed by atoms with van der Waals surface area (Å²) >= 11 is 1.75. The van der Waals surface area contributed by atoms with Gasteiger partial charge in [-0.15, -0.1) is 0 Å². The summed E-state index contributed by atoms with van der Waals surface area (Å²) in [4.78, 5) is 22.9. The molecule has 7 nitrogen and oxygen atoms in total. The number of hydrogen-bond acceptors (Lipinski definition) is 6. The van der Waals surface area contributed by atoms with Crippen molar-refractivity contribution in [2.75, 3.05) is 18.1 Å². The van der Waals surface area contributed by atoms with Gasteiger partial charge in [0.15, 0.2) is 5.60 Å². The SMILES string of the molecule is CC(=O)N[C@H]1[C@H](C)O[C@@](CCCCSCCN)(C(=O)O)C[C@@H]1O. The van der Waals surface area contributed by atoms with Crippen LogP contribution in [0.2, 0.25) is 0 Å². The van der Waals surface area contributed by atoms with E-state index in [1.807, 2.05) is 0 Å². The van der Waals surface area contributed by atoms with Crippen molar-refractivity contribution in [2.45, 2.75) is 63.4 Å². The number of thioether (sulfide) groups is 1. The number of hydrogen-bond donors (Lipinski definition) is 4. The van der Waals surface area contributed by atoms with E-state index in [0.717, 1.165) is 17.9 Å². The van der Waals surface area contributed by atoms with E-state index < -0.39 is 29.8 Å². The minimum absolute atomic E-state index is 0.0203. The number of amides is 1. The number of aliphatic hydroxyl groups excluding tert-OH is 1. The Labute approximate surface area is 141 Å². The number of rotatable bonds is 9. The van der Waals surface area contributed by atoms with Crippen molar-refractivity contribution < 1.29 is 24.5 Å². The monoisotopic (exact) mass is 348 g/mol. The van der Waals surface area contributed by atoms with E-state index in [1.54, 1.807) is 18.7 Å². The summed E-state index contributed by atoms with van der Waals surface area (Å²) in [5.74, 6) is 0.498. The molecule has 1 aliphatic heterocycles. The first-order valence-electron chi connectivity index (χ1n) is 7.96. The summed E-state index contributed by atoms with van der Waals surface area (Å²) < 4.78 is 5.75. The molecule has 1 heterocycles. The van der Waals surface area contributed by atoms with E-state index in [0.29, 0.717) is 19.4 Å². The third kappa shape index (κ3) is 5.95. The van der Waals surface area contributed by atoms with Crippen molar-refractivity contribution in [2.24, 2.45) is 5.73 Å². The second-order valence-corrected chi connectivity index (χ2v) is 7.20. The molecular weight excluding hydrogens is 320 g/mol. The van der Waals surface area contributed by atoms with Crippen LogP contribution in [0, 0.1) is 0 Å². The second kappa shape index (κ2) is 9.46. The first-order chi connectivity index (χ1) is 10.8. The molecule has 0 aromatic carbocycles. The Balaban J connectivity index is 2.61. The molecule has 23 heavy (non-hydrogen) atoms. The Morgan fingerprint density at radius 1 is 1.39 bits per heavy atom. The van der Waals surface area contributed by atoms with E-state index in [4.69, 9.17) is 10.5 Å². The first-order valence-corrected chi connectivity index (χ1v) is 9.12. The smallest absolute Gasteiger partial charge is 0.336 e. The summed E-state index contributed by atoms with van der Waals surface area (Å²) in [6.07, 6.45) is 0.403. The largest absolute Gasteiger partial charge is 0.479 e. The van der Waals surface area contributed by atoms with Gasteiger partial charge < -0.3 is 26.0 Å². The molecule has 0 unspecified atom stereocenters. The Morgan fingerprint density at radius 2 is 2.09 bits per heavy atom. The van der Waals surface area contributed by atoms with E-state index in [9.17, 15) is 19.8 Å². The Morgan fingerprint density at radius 3 is 2.61 bits per heavy atom. The zero-order valence-electron chi connectivity index (χ0n) is 13.8. The molecule has 134 valence electrons. The number of aliphatic carboxylic acids is 1. The molecule has 0 aromatic heterocycles. The Bertz CT molecular complexity index is 395. The van der Waals surface area contributed by atoms with Crippen LogP contribution >= 0.6 is 11.8 Å². The highest BCUT2D eigenvalue weighted by molar-refractivity contribution is 7.99. The molecule has 0 aromatic rings.